The predicted molar refractivity (Wildman–Crippen MR) is 56.8 cm³/mol. The maximum atomic E-state index is 4.84. The Morgan fingerprint density at radius 1 is 1.27 bits per heavy atom. The zero-order valence-electron chi connectivity index (χ0n) is 6.93. The van der Waals surface area contributed by atoms with Gasteiger partial charge in [-0.2, -0.15) is 0 Å². The predicted octanol–water partition coefficient (Wildman–Crippen LogP) is 2.00. The van der Waals surface area contributed by atoms with Crippen LogP contribution in [-0.2, 0) is 44.2 Å². The van der Waals surface area contributed by atoms with Gasteiger partial charge in [0, 0.05) is 0 Å². The minimum atomic E-state index is -0.120. The van der Waals surface area contributed by atoms with E-state index in [-0.39, 0.29) is 12.1 Å². The van der Waals surface area contributed by atoms with Crippen molar-refractivity contribution in [3.8, 4) is 0 Å². The van der Waals surface area contributed by atoms with E-state index in [4.69, 9.17) is 25.3 Å². The molecule has 0 aliphatic heterocycles. The molecule has 0 N–H and O–H groups in total. The van der Waals surface area contributed by atoms with Crippen molar-refractivity contribution >= 4 is 38.3 Å². The first-order valence-corrected chi connectivity index (χ1v) is 8.57. The molecule has 0 rings (SSSR count). The Morgan fingerprint density at radius 3 is 1.55 bits per heavy atom. The van der Waals surface area contributed by atoms with Crippen LogP contribution >= 0.6 is 13.0 Å². The molecule has 0 aliphatic carbocycles. The van der Waals surface area contributed by atoms with Crippen LogP contribution in [-0.4, -0.2) is 22.7 Å². The second kappa shape index (κ2) is 14.4. The third-order valence-electron chi connectivity index (χ3n) is 1.11. The molecule has 0 radical (unpaired) electrons. The van der Waals surface area contributed by atoms with Crippen LogP contribution in [0, 0.1) is 7.43 Å². The summed E-state index contributed by atoms with van der Waals surface area (Å²) in [5, 5.41) is 0. The van der Waals surface area contributed by atoms with Gasteiger partial charge in [-0.25, -0.2) is 4.71 Å². The topological polar surface area (TPSA) is 3.24 Å². The van der Waals surface area contributed by atoms with E-state index in [1.165, 1.54) is 0 Å². The summed E-state index contributed by atoms with van der Waals surface area (Å²) in [5.74, 6) is 0. The molecule has 76 valence electrons. The Balaban J connectivity index is -0.000000196. The number of hydrogen-bond acceptors (Lipinski definition) is 3. The molecule has 0 saturated carbocycles. The smallest absolute Gasteiger partial charge is 0.358 e. The van der Waals surface area contributed by atoms with Crippen molar-refractivity contribution in [2.24, 2.45) is 0 Å². The Morgan fingerprint density at radius 2 is 1.55 bits per heavy atom. The van der Waals surface area contributed by atoms with Crippen molar-refractivity contribution in [1.29, 1.82) is 0 Å². The quantitative estimate of drug-likeness (QED) is 0.375. The second-order valence-corrected chi connectivity index (χ2v) is 2.72. The van der Waals surface area contributed by atoms with Gasteiger partial charge >= 0.3 is 32.0 Å². The monoisotopic (exact) mass is 440 g/mol. The van der Waals surface area contributed by atoms with Gasteiger partial charge in [0.2, 0.25) is 0 Å². The van der Waals surface area contributed by atoms with Crippen molar-refractivity contribution in [2.45, 2.75) is 18.6 Å². The molecule has 0 atom stereocenters. The molecule has 0 fully saturated rings. The van der Waals surface area contributed by atoms with Gasteiger partial charge in [-0.3, -0.25) is 0 Å². The number of hydrogen-bond donors (Lipinski definition) is 0. The van der Waals surface area contributed by atoms with Crippen LogP contribution in [0.2, 0.25) is 0 Å². The van der Waals surface area contributed by atoms with E-state index in [2.05, 4.69) is 45.8 Å². The van der Waals surface area contributed by atoms with Crippen LogP contribution in [0.4, 0.5) is 0 Å². The van der Waals surface area contributed by atoms with Gasteiger partial charge in [0.1, 0.15) is 0 Å². The summed E-state index contributed by atoms with van der Waals surface area (Å²) in [7, 11) is 0. The maximum absolute atomic E-state index is 4.84. The van der Waals surface area contributed by atoms with E-state index < -0.39 is 0 Å². The average Bonchev–Trinajstić information content (AvgIpc) is 1.94. The van der Waals surface area contributed by atoms with Gasteiger partial charge in [-0.05, 0) is 13.1 Å². The third-order valence-corrected chi connectivity index (χ3v) is 1.71. The summed E-state index contributed by atoms with van der Waals surface area (Å²) in [5.41, 5.74) is 0. The van der Waals surface area contributed by atoms with Crippen LogP contribution < -0.4 is 0 Å². The molecule has 0 aliphatic rings. The summed E-state index contributed by atoms with van der Waals surface area (Å²) >= 11 is 14.7. The van der Waals surface area contributed by atoms with Crippen molar-refractivity contribution in [1.82, 2.24) is 4.90 Å². The standard InChI is InChI=1S/C5H13NS2.CH3.Au.BrH/c1-3-6(4-2)5(7)8;;;/h5,7-8H,3-4H2,1-2H3;1H3;;1H/q;-1;+1;/p-3. The molecular weight excluding hydrogens is 427 g/mol. The molecule has 0 bridgehead atoms. The van der Waals surface area contributed by atoms with Crippen LogP contribution in [0.25, 0.3) is 0 Å². The molecule has 0 spiro atoms. The van der Waals surface area contributed by atoms with E-state index in [0.29, 0.717) is 0 Å². The molecule has 0 aromatic heterocycles. The molecule has 11 heavy (non-hydrogen) atoms. The van der Waals surface area contributed by atoms with E-state index in [0.717, 1.165) is 13.1 Å². The van der Waals surface area contributed by atoms with E-state index in [9.17, 15) is 0 Å². The molecule has 1 nitrogen and oxygen atoms in total. The summed E-state index contributed by atoms with van der Waals surface area (Å²) in [6.45, 7) is 6.06. The largest absolute Gasteiger partial charge is 0.358 e. The van der Waals surface area contributed by atoms with Crippen molar-refractivity contribution in [3.63, 3.8) is 0 Å². The zero-order valence-corrected chi connectivity index (χ0v) is 12.3. The van der Waals surface area contributed by atoms with E-state index in [1.54, 1.807) is 0 Å². The fraction of sp³-hybridized carbons (Fsp3) is 0.833. The van der Waals surface area contributed by atoms with Gasteiger partial charge < -0.3 is 37.6 Å². The van der Waals surface area contributed by atoms with Crippen LogP contribution in [0.3, 0.4) is 0 Å². The Labute approximate surface area is 100 Å². The first-order chi connectivity index (χ1) is 4.72. The second-order valence-electron chi connectivity index (χ2n) is 1.53. The molecular formula is C6H14AuBrNS2-3. The van der Waals surface area contributed by atoms with Gasteiger partial charge in [0.05, 0.1) is 0 Å². The fourth-order valence-corrected chi connectivity index (χ4v) is 1.12. The average molecular weight is 441 g/mol. The summed E-state index contributed by atoms with van der Waals surface area (Å²) in [6.07, 6.45) is 0. The summed E-state index contributed by atoms with van der Waals surface area (Å²) in [6, 6.07) is 0. The van der Waals surface area contributed by atoms with Crippen molar-refractivity contribution in [2.75, 3.05) is 13.1 Å². The first kappa shape index (κ1) is 18.6. The molecule has 0 heterocycles. The van der Waals surface area contributed by atoms with Crippen molar-refractivity contribution < 1.29 is 18.9 Å². The summed E-state index contributed by atoms with van der Waals surface area (Å²) < 4.78 is -0.120. The minimum absolute atomic E-state index is 0. The Hall–Kier alpha value is 1.88. The molecule has 0 aromatic rings. The SMILES string of the molecule is CCN(CC)C([S-])[S-].[Br][Au].[CH3-]. The van der Waals surface area contributed by atoms with Crippen molar-refractivity contribution in [3.05, 3.63) is 7.43 Å². The Kier molecular flexibility index (Phi) is 24.4. The molecule has 0 saturated heterocycles. The van der Waals surface area contributed by atoms with Gasteiger partial charge in [-0.1, -0.05) is 13.8 Å². The van der Waals surface area contributed by atoms with Gasteiger partial charge in [0.15, 0.2) is 0 Å². The molecule has 0 aromatic carbocycles. The van der Waals surface area contributed by atoms with Gasteiger partial charge in [-0.15, -0.1) is 0 Å². The van der Waals surface area contributed by atoms with Crippen LogP contribution in [0.1, 0.15) is 13.8 Å². The number of rotatable bonds is 3. The van der Waals surface area contributed by atoms with Crippen LogP contribution in [0.5, 0.6) is 0 Å². The first-order valence-electron chi connectivity index (χ1n) is 2.89. The minimum Gasteiger partial charge on any atom is -0.358 e. The molecule has 0 amide bonds. The van der Waals surface area contributed by atoms with Crippen LogP contribution in [0.15, 0.2) is 0 Å². The Bertz CT molecular complexity index is 62.5. The fourth-order valence-electron chi connectivity index (χ4n) is 0.522. The normalized spacial score (nSPS) is 8.82. The molecule has 5 heteroatoms. The van der Waals surface area contributed by atoms with Gasteiger partial charge in [0.25, 0.3) is 0 Å². The molecule has 0 unspecified atom stereocenters. The zero-order chi connectivity index (χ0) is 8.57. The van der Waals surface area contributed by atoms with E-state index >= 15 is 0 Å². The third kappa shape index (κ3) is 11.9. The number of nitrogens with zero attached hydrogens (tertiary/aromatic N) is 1. The number of halogens is 1. The summed E-state index contributed by atoms with van der Waals surface area (Å²) in [4.78, 5) is 2.05. The maximum Gasteiger partial charge on any atom is -0.358 e. The van der Waals surface area contributed by atoms with E-state index in [1.807, 2.05) is 4.90 Å².